The highest BCUT2D eigenvalue weighted by molar-refractivity contribution is 5.95. The molecule has 0 aliphatic carbocycles. The van der Waals surface area contributed by atoms with E-state index in [0.29, 0.717) is 5.82 Å². The summed E-state index contributed by atoms with van der Waals surface area (Å²) in [5.74, 6) is 0.197. The van der Waals surface area contributed by atoms with Crippen LogP contribution in [-0.2, 0) is 11.8 Å². The van der Waals surface area contributed by atoms with Crippen LogP contribution in [0.1, 0.15) is 11.5 Å². The fourth-order valence-corrected chi connectivity index (χ4v) is 1.79. The van der Waals surface area contributed by atoms with Crippen LogP contribution in [0, 0.1) is 0 Å². The number of aromatic nitrogens is 2. The number of carbonyl (C=O) groups excluding carboxylic acids is 1. The van der Waals surface area contributed by atoms with Crippen molar-refractivity contribution in [2.45, 2.75) is 5.92 Å². The van der Waals surface area contributed by atoms with Gasteiger partial charge in [-0.1, -0.05) is 30.3 Å². The van der Waals surface area contributed by atoms with E-state index in [4.69, 9.17) is 5.73 Å². The molecule has 0 aliphatic rings. The molecule has 2 aromatic rings. The number of nitrogens with two attached hydrogens (primary N) is 1. The molecule has 94 valence electrons. The molecule has 0 aliphatic heterocycles. The summed E-state index contributed by atoms with van der Waals surface area (Å²) in [7, 11) is 1.77. The van der Waals surface area contributed by atoms with Crippen LogP contribution in [0.2, 0.25) is 0 Å². The van der Waals surface area contributed by atoms with Gasteiger partial charge in [-0.3, -0.25) is 9.48 Å². The zero-order valence-corrected chi connectivity index (χ0v) is 10.2. The van der Waals surface area contributed by atoms with Crippen LogP contribution in [0.4, 0.5) is 5.82 Å². The summed E-state index contributed by atoms with van der Waals surface area (Å²) in [6, 6.07) is 11.3. The molecule has 1 heterocycles. The van der Waals surface area contributed by atoms with Crippen molar-refractivity contribution in [2.24, 2.45) is 12.8 Å². The maximum Gasteiger partial charge on any atom is 0.234 e. The van der Waals surface area contributed by atoms with E-state index in [1.165, 1.54) is 0 Å². The molecule has 18 heavy (non-hydrogen) atoms. The van der Waals surface area contributed by atoms with Gasteiger partial charge >= 0.3 is 0 Å². The van der Waals surface area contributed by atoms with Crippen molar-refractivity contribution >= 4 is 11.7 Å². The third-order valence-electron chi connectivity index (χ3n) is 2.83. The topological polar surface area (TPSA) is 72.9 Å². The summed E-state index contributed by atoms with van der Waals surface area (Å²) < 4.78 is 1.61. The van der Waals surface area contributed by atoms with Gasteiger partial charge < -0.3 is 11.1 Å². The van der Waals surface area contributed by atoms with Crippen molar-refractivity contribution in [2.75, 3.05) is 11.9 Å². The van der Waals surface area contributed by atoms with Crippen LogP contribution in [0.15, 0.2) is 42.6 Å². The first-order valence-corrected chi connectivity index (χ1v) is 5.76. The number of rotatable bonds is 4. The molecule has 2 rings (SSSR count). The molecule has 1 aromatic carbocycles. The van der Waals surface area contributed by atoms with Crippen LogP contribution in [0.3, 0.4) is 0 Å². The van der Waals surface area contributed by atoms with Gasteiger partial charge in [-0.2, -0.15) is 5.10 Å². The molecule has 1 unspecified atom stereocenters. The fourth-order valence-electron chi connectivity index (χ4n) is 1.79. The Kier molecular flexibility index (Phi) is 3.74. The molecule has 1 amide bonds. The number of nitrogens with zero attached hydrogens (tertiary/aromatic N) is 2. The van der Waals surface area contributed by atoms with Gasteiger partial charge in [0, 0.05) is 19.7 Å². The van der Waals surface area contributed by atoms with Gasteiger partial charge in [-0.15, -0.1) is 0 Å². The molecule has 0 saturated heterocycles. The van der Waals surface area contributed by atoms with E-state index in [9.17, 15) is 4.79 Å². The minimum atomic E-state index is -0.346. The number of benzene rings is 1. The lowest BCUT2D eigenvalue weighted by molar-refractivity contribution is -0.117. The van der Waals surface area contributed by atoms with E-state index in [0.717, 1.165) is 5.56 Å². The number of amides is 1. The average Bonchev–Trinajstić information content (AvgIpc) is 2.77. The smallest absolute Gasteiger partial charge is 0.234 e. The van der Waals surface area contributed by atoms with Crippen LogP contribution in [0.25, 0.3) is 0 Å². The van der Waals surface area contributed by atoms with Gasteiger partial charge in [0.15, 0.2) is 0 Å². The number of carbonyl (C=O) groups is 1. The minimum absolute atomic E-state index is 0.118. The van der Waals surface area contributed by atoms with E-state index in [-0.39, 0.29) is 18.4 Å². The monoisotopic (exact) mass is 244 g/mol. The summed E-state index contributed by atoms with van der Waals surface area (Å²) in [4.78, 5) is 12.2. The van der Waals surface area contributed by atoms with Crippen molar-refractivity contribution in [3.8, 4) is 0 Å². The molecule has 5 nitrogen and oxygen atoms in total. The maximum absolute atomic E-state index is 12.2. The van der Waals surface area contributed by atoms with Crippen LogP contribution < -0.4 is 11.1 Å². The molecule has 1 aromatic heterocycles. The highest BCUT2D eigenvalue weighted by Crippen LogP contribution is 2.16. The SMILES string of the molecule is Cn1nccc1NC(=O)C(CN)c1ccccc1. The van der Waals surface area contributed by atoms with Gasteiger partial charge in [0.25, 0.3) is 0 Å². The Hall–Kier alpha value is -2.14. The average molecular weight is 244 g/mol. The Morgan fingerprint density at radius 3 is 2.67 bits per heavy atom. The van der Waals surface area contributed by atoms with Gasteiger partial charge in [0.2, 0.25) is 5.91 Å². The standard InChI is InChI=1S/C13H16N4O/c1-17-12(7-8-15-17)16-13(18)11(9-14)10-5-3-2-4-6-10/h2-8,11H,9,14H2,1H3,(H,16,18). The van der Waals surface area contributed by atoms with Crippen LogP contribution >= 0.6 is 0 Å². The van der Waals surface area contributed by atoms with E-state index in [1.54, 1.807) is 24.0 Å². The predicted molar refractivity (Wildman–Crippen MR) is 70.1 cm³/mol. The second kappa shape index (κ2) is 5.46. The highest BCUT2D eigenvalue weighted by atomic mass is 16.2. The molecule has 0 radical (unpaired) electrons. The molecule has 0 bridgehead atoms. The largest absolute Gasteiger partial charge is 0.329 e. The van der Waals surface area contributed by atoms with Crippen molar-refractivity contribution in [3.05, 3.63) is 48.2 Å². The second-order valence-corrected chi connectivity index (χ2v) is 4.03. The Morgan fingerprint density at radius 1 is 1.39 bits per heavy atom. The van der Waals surface area contributed by atoms with Crippen LogP contribution in [0.5, 0.6) is 0 Å². The lowest BCUT2D eigenvalue weighted by Crippen LogP contribution is -2.28. The number of hydrogen-bond donors (Lipinski definition) is 2. The first kappa shape index (κ1) is 12.3. The number of hydrogen-bond acceptors (Lipinski definition) is 3. The van der Waals surface area contributed by atoms with E-state index in [1.807, 2.05) is 30.3 Å². The Labute approximate surface area is 106 Å². The zero-order valence-electron chi connectivity index (χ0n) is 10.2. The Balaban J connectivity index is 2.14. The lowest BCUT2D eigenvalue weighted by atomic mass is 9.98. The summed E-state index contributed by atoms with van der Waals surface area (Å²) in [6.45, 7) is 0.272. The van der Waals surface area contributed by atoms with Gasteiger partial charge in [0.1, 0.15) is 5.82 Å². The first-order chi connectivity index (χ1) is 8.72. The fraction of sp³-hybridized carbons (Fsp3) is 0.231. The van der Waals surface area contributed by atoms with Crippen molar-refractivity contribution in [1.29, 1.82) is 0 Å². The van der Waals surface area contributed by atoms with Gasteiger partial charge in [-0.05, 0) is 5.56 Å². The van der Waals surface area contributed by atoms with Crippen molar-refractivity contribution in [3.63, 3.8) is 0 Å². The summed E-state index contributed by atoms with van der Waals surface area (Å²) >= 11 is 0. The third-order valence-corrected chi connectivity index (χ3v) is 2.83. The molecule has 1 atom stereocenters. The molecular formula is C13H16N4O. The normalized spacial score (nSPS) is 12.1. The van der Waals surface area contributed by atoms with E-state index >= 15 is 0 Å². The molecule has 5 heteroatoms. The quantitative estimate of drug-likeness (QED) is 0.846. The number of nitrogens with one attached hydrogen (secondary N) is 1. The van der Waals surface area contributed by atoms with Gasteiger partial charge in [0.05, 0.1) is 12.1 Å². The molecule has 3 N–H and O–H groups in total. The molecule has 0 spiro atoms. The second-order valence-electron chi connectivity index (χ2n) is 4.03. The lowest BCUT2D eigenvalue weighted by Gasteiger charge is -2.15. The van der Waals surface area contributed by atoms with E-state index < -0.39 is 0 Å². The highest BCUT2D eigenvalue weighted by Gasteiger charge is 2.19. The Bertz CT molecular complexity index is 521. The van der Waals surface area contributed by atoms with Gasteiger partial charge in [-0.25, -0.2) is 0 Å². The third kappa shape index (κ3) is 2.57. The first-order valence-electron chi connectivity index (χ1n) is 5.76. The number of aryl methyl sites for hydroxylation is 1. The maximum atomic E-state index is 12.2. The van der Waals surface area contributed by atoms with Crippen molar-refractivity contribution in [1.82, 2.24) is 9.78 Å². The number of anilines is 1. The Morgan fingerprint density at radius 2 is 2.11 bits per heavy atom. The molecule has 0 saturated carbocycles. The summed E-state index contributed by atoms with van der Waals surface area (Å²) in [5, 5.41) is 6.82. The predicted octanol–water partition coefficient (Wildman–Crippen LogP) is 1.10. The summed E-state index contributed by atoms with van der Waals surface area (Å²) in [5.41, 5.74) is 6.61. The molecule has 0 fully saturated rings. The summed E-state index contributed by atoms with van der Waals surface area (Å²) in [6.07, 6.45) is 1.63. The molecular weight excluding hydrogens is 228 g/mol. The van der Waals surface area contributed by atoms with E-state index in [2.05, 4.69) is 10.4 Å². The zero-order chi connectivity index (χ0) is 13.0. The minimum Gasteiger partial charge on any atom is -0.329 e. The van der Waals surface area contributed by atoms with Crippen LogP contribution in [-0.4, -0.2) is 22.2 Å². The van der Waals surface area contributed by atoms with Crippen molar-refractivity contribution < 1.29 is 4.79 Å².